The van der Waals surface area contributed by atoms with E-state index < -0.39 is 0 Å². The molecule has 0 N–H and O–H groups in total. The number of carbonyl (C=O) groups is 1. The van der Waals surface area contributed by atoms with Crippen LogP contribution >= 0.6 is 0 Å². The SMILES string of the molecule is Cc1nn(C(=O)CCc2ccccc2)c(C)c1C(C)C. The van der Waals surface area contributed by atoms with Gasteiger partial charge in [-0.15, -0.1) is 0 Å². The topological polar surface area (TPSA) is 34.9 Å². The van der Waals surface area contributed by atoms with Crippen molar-refractivity contribution in [3.63, 3.8) is 0 Å². The van der Waals surface area contributed by atoms with Gasteiger partial charge in [-0.05, 0) is 37.3 Å². The Morgan fingerprint density at radius 3 is 2.40 bits per heavy atom. The van der Waals surface area contributed by atoms with Crippen LogP contribution < -0.4 is 0 Å². The lowest BCUT2D eigenvalue weighted by Gasteiger charge is -2.06. The molecule has 106 valence electrons. The molecule has 0 aliphatic carbocycles. The Kier molecular flexibility index (Phi) is 4.38. The molecule has 3 heteroatoms. The number of nitrogens with zero attached hydrogens (tertiary/aromatic N) is 2. The van der Waals surface area contributed by atoms with E-state index in [2.05, 4.69) is 18.9 Å². The predicted octanol–water partition coefficient (Wildman–Crippen LogP) is 3.90. The summed E-state index contributed by atoms with van der Waals surface area (Å²) in [5.74, 6) is 0.465. The van der Waals surface area contributed by atoms with Crippen molar-refractivity contribution in [3.8, 4) is 0 Å². The predicted molar refractivity (Wildman–Crippen MR) is 81.2 cm³/mol. The van der Waals surface area contributed by atoms with Gasteiger partial charge in [-0.1, -0.05) is 44.2 Å². The Bertz CT molecular complexity index is 597. The summed E-state index contributed by atoms with van der Waals surface area (Å²) in [7, 11) is 0. The van der Waals surface area contributed by atoms with Gasteiger partial charge in [-0.2, -0.15) is 5.10 Å². The van der Waals surface area contributed by atoms with Crippen molar-refractivity contribution in [1.82, 2.24) is 9.78 Å². The highest BCUT2D eigenvalue weighted by atomic mass is 16.2. The van der Waals surface area contributed by atoms with Crippen molar-refractivity contribution in [1.29, 1.82) is 0 Å². The fourth-order valence-corrected chi connectivity index (χ4v) is 2.73. The number of aromatic nitrogens is 2. The maximum Gasteiger partial charge on any atom is 0.247 e. The van der Waals surface area contributed by atoms with Crippen LogP contribution in [0.5, 0.6) is 0 Å². The summed E-state index contributed by atoms with van der Waals surface area (Å²) in [4.78, 5) is 12.3. The molecule has 2 rings (SSSR count). The lowest BCUT2D eigenvalue weighted by atomic mass is 10.0. The maximum absolute atomic E-state index is 12.3. The van der Waals surface area contributed by atoms with Crippen molar-refractivity contribution in [2.75, 3.05) is 0 Å². The van der Waals surface area contributed by atoms with Gasteiger partial charge in [0.05, 0.1) is 5.69 Å². The van der Waals surface area contributed by atoms with Crippen LogP contribution in [0.1, 0.15) is 53.5 Å². The molecular weight excluding hydrogens is 248 g/mol. The highest BCUT2D eigenvalue weighted by Crippen LogP contribution is 2.22. The summed E-state index contributed by atoms with van der Waals surface area (Å²) >= 11 is 0. The van der Waals surface area contributed by atoms with Crippen LogP contribution in [0.2, 0.25) is 0 Å². The first-order valence-corrected chi connectivity index (χ1v) is 7.14. The Labute approximate surface area is 120 Å². The number of rotatable bonds is 4. The van der Waals surface area contributed by atoms with E-state index in [4.69, 9.17) is 0 Å². The summed E-state index contributed by atoms with van der Waals surface area (Å²) in [5, 5.41) is 4.41. The summed E-state index contributed by atoms with van der Waals surface area (Å²) in [6.07, 6.45) is 1.25. The van der Waals surface area contributed by atoms with Gasteiger partial charge >= 0.3 is 0 Å². The summed E-state index contributed by atoms with van der Waals surface area (Å²) in [6.45, 7) is 8.23. The summed E-state index contributed by atoms with van der Waals surface area (Å²) in [6, 6.07) is 10.1. The molecule has 0 amide bonds. The van der Waals surface area contributed by atoms with Crippen molar-refractivity contribution >= 4 is 5.91 Å². The third kappa shape index (κ3) is 2.98. The largest absolute Gasteiger partial charge is 0.273 e. The van der Waals surface area contributed by atoms with E-state index in [0.29, 0.717) is 12.3 Å². The molecule has 0 atom stereocenters. The third-order valence-corrected chi connectivity index (χ3v) is 3.63. The molecule has 0 aliphatic heterocycles. The van der Waals surface area contributed by atoms with Gasteiger partial charge in [0.2, 0.25) is 5.91 Å². The Hall–Kier alpha value is -1.90. The highest BCUT2D eigenvalue weighted by Gasteiger charge is 2.18. The first-order valence-electron chi connectivity index (χ1n) is 7.14. The quantitative estimate of drug-likeness (QED) is 0.844. The van der Waals surface area contributed by atoms with E-state index >= 15 is 0 Å². The van der Waals surface area contributed by atoms with Crippen LogP contribution in [0, 0.1) is 13.8 Å². The van der Waals surface area contributed by atoms with Gasteiger partial charge in [-0.3, -0.25) is 4.79 Å². The Balaban J connectivity index is 2.12. The van der Waals surface area contributed by atoms with Gasteiger partial charge in [0.15, 0.2) is 0 Å². The third-order valence-electron chi connectivity index (χ3n) is 3.63. The van der Waals surface area contributed by atoms with Gasteiger partial charge in [0.1, 0.15) is 0 Å². The fraction of sp³-hybridized carbons (Fsp3) is 0.412. The number of hydrogen-bond donors (Lipinski definition) is 0. The van der Waals surface area contributed by atoms with Crippen LogP contribution in [0.25, 0.3) is 0 Å². The molecule has 20 heavy (non-hydrogen) atoms. The Morgan fingerprint density at radius 2 is 1.85 bits per heavy atom. The minimum atomic E-state index is 0.0707. The second kappa shape index (κ2) is 6.04. The molecule has 0 saturated heterocycles. The molecule has 2 aromatic rings. The van der Waals surface area contributed by atoms with Gasteiger partial charge < -0.3 is 0 Å². The first kappa shape index (κ1) is 14.5. The zero-order chi connectivity index (χ0) is 14.7. The number of carbonyl (C=O) groups excluding carboxylic acids is 1. The van der Waals surface area contributed by atoms with E-state index in [1.165, 1.54) is 11.1 Å². The van der Waals surface area contributed by atoms with Crippen LogP contribution in [-0.2, 0) is 6.42 Å². The van der Waals surface area contributed by atoms with E-state index in [0.717, 1.165) is 17.8 Å². The second-order valence-corrected chi connectivity index (χ2v) is 5.53. The molecule has 0 saturated carbocycles. The molecule has 3 nitrogen and oxygen atoms in total. The standard InChI is InChI=1S/C17H22N2O/c1-12(2)17-13(3)18-19(14(17)4)16(20)11-10-15-8-6-5-7-9-15/h5-9,12H,10-11H2,1-4H3. The molecular formula is C17H22N2O. The molecule has 0 unspecified atom stereocenters. The van der Waals surface area contributed by atoms with E-state index in [1.807, 2.05) is 44.2 Å². The zero-order valence-corrected chi connectivity index (χ0v) is 12.7. The summed E-state index contributed by atoms with van der Waals surface area (Å²) < 4.78 is 1.58. The average molecular weight is 270 g/mol. The number of benzene rings is 1. The zero-order valence-electron chi connectivity index (χ0n) is 12.7. The average Bonchev–Trinajstić information content (AvgIpc) is 2.72. The van der Waals surface area contributed by atoms with Crippen LogP contribution in [0.4, 0.5) is 0 Å². The van der Waals surface area contributed by atoms with E-state index in [1.54, 1.807) is 4.68 Å². The van der Waals surface area contributed by atoms with Crippen molar-refractivity contribution in [2.45, 2.75) is 46.5 Å². The smallest absolute Gasteiger partial charge is 0.247 e. The van der Waals surface area contributed by atoms with Crippen molar-refractivity contribution < 1.29 is 4.79 Å². The van der Waals surface area contributed by atoms with Crippen LogP contribution in [-0.4, -0.2) is 15.7 Å². The molecule has 0 fully saturated rings. The lowest BCUT2D eigenvalue weighted by molar-refractivity contribution is 0.0884. The van der Waals surface area contributed by atoms with Crippen molar-refractivity contribution in [2.24, 2.45) is 0 Å². The fourth-order valence-electron chi connectivity index (χ4n) is 2.73. The highest BCUT2D eigenvalue weighted by molar-refractivity contribution is 5.79. The monoisotopic (exact) mass is 270 g/mol. The minimum absolute atomic E-state index is 0.0707. The normalized spacial score (nSPS) is 11.1. The molecule has 1 aromatic carbocycles. The van der Waals surface area contributed by atoms with Gasteiger partial charge in [-0.25, -0.2) is 4.68 Å². The molecule has 0 radical (unpaired) electrons. The van der Waals surface area contributed by atoms with Crippen molar-refractivity contribution in [3.05, 3.63) is 52.8 Å². The lowest BCUT2D eigenvalue weighted by Crippen LogP contribution is -2.15. The Morgan fingerprint density at radius 1 is 1.20 bits per heavy atom. The van der Waals surface area contributed by atoms with Gasteiger partial charge in [0.25, 0.3) is 0 Å². The van der Waals surface area contributed by atoms with Crippen LogP contribution in [0.15, 0.2) is 30.3 Å². The maximum atomic E-state index is 12.3. The number of aryl methyl sites for hydroxylation is 2. The minimum Gasteiger partial charge on any atom is -0.273 e. The summed E-state index contributed by atoms with van der Waals surface area (Å²) in [5.41, 5.74) is 4.32. The molecule has 1 aromatic heterocycles. The van der Waals surface area contributed by atoms with E-state index in [-0.39, 0.29) is 5.91 Å². The van der Waals surface area contributed by atoms with E-state index in [9.17, 15) is 4.79 Å². The van der Waals surface area contributed by atoms with Crippen LogP contribution in [0.3, 0.4) is 0 Å². The number of hydrogen-bond acceptors (Lipinski definition) is 2. The molecule has 0 aliphatic rings. The first-order chi connectivity index (χ1) is 9.50. The molecule has 0 spiro atoms. The molecule has 1 heterocycles. The second-order valence-electron chi connectivity index (χ2n) is 5.53. The van der Waals surface area contributed by atoms with Gasteiger partial charge in [0, 0.05) is 12.1 Å². The molecule has 0 bridgehead atoms.